The fourth-order valence-corrected chi connectivity index (χ4v) is 4.64. The van der Waals surface area contributed by atoms with Crippen molar-refractivity contribution in [1.29, 1.82) is 0 Å². The van der Waals surface area contributed by atoms with Gasteiger partial charge in [0.1, 0.15) is 5.75 Å². The molecule has 0 bridgehead atoms. The lowest BCUT2D eigenvalue weighted by Gasteiger charge is -2.08. The molecule has 0 amide bonds. The number of benzene rings is 2. The highest BCUT2D eigenvalue weighted by Crippen LogP contribution is 2.39. The van der Waals surface area contributed by atoms with Crippen LogP contribution in [0.1, 0.15) is 5.56 Å². The summed E-state index contributed by atoms with van der Waals surface area (Å²) >= 11 is 1.48. The Morgan fingerprint density at radius 2 is 1.74 bits per heavy atom. The molecule has 0 unspecified atom stereocenters. The standard InChI is InChI=1S/C27H28FN3O6S/c1-34-12-13-36-15-14-35-11-10-29-18-19-2-4-20(5-3-19)26-17-23-27(38-26)25(8-9-30-23)37-24-7-6-21(31(32)33)16-22(24)28/h2-9,16-17,29H,10-15,18H2,1H3. The summed E-state index contributed by atoms with van der Waals surface area (Å²) < 4.78 is 36.7. The number of nitro benzene ring substituents is 1. The lowest BCUT2D eigenvalue weighted by Crippen LogP contribution is -2.20. The first-order valence-electron chi connectivity index (χ1n) is 12.0. The van der Waals surface area contributed by atoms with Gasteiger partial charge in [0.05, 0.1) is 54.2 Å². The Balaban J connectivity index is 1.32. The predicted octanol–water partition coefficient (Wildman–Crippen LogP) is 5.57. The molecule has 0 saturated heterocycles. The van der Waals surface area contributed by atoms with Crippen LogP contribution in [0.3, 0.4) is 0 Å². The van der Waals surface area contributed by atoms with Crippen LogP contribution >= 0.6 is 11.3 Å². The normalized spacial score (nSPS) is 11.2. The van der Waals surface area contributed by atoms with Crippen molar-refractivity contribution in [1.82, 2.24) is 10.3 Å². The summed E-state index contributed by atoms with van der Waals surface area (Å²) in [4.78, 5) is 15.6. The number of thiophene rings is 1. The topological polar surface area (TPSA) is 105 Å². The molecule has 200 valence electrons. The third-order valence-corrected chi connectivity index (χ3v) is 6.70. The zero-order valence-corrected chi connectivity index (χ0v) is 21.7. The fourth-order valence-electron chi connectivity index (χ4n) is 3.57. The number of ether oxygens (including phenoxy) is 4. The highest BCUT2D eigenvalue weighted by atomic mass is 32.1. The number of nitrogens with zero attached hydrogens (tertiary/aromatic N) is 2. The lowest BCUT2D eigenvalue weighted by molar-refractivity contribution is -0.385. The summed E-state index contributed by atoms with van der Waals surface area (Å²) in [6.45, 7) is 4.33. The van der Waals surface area contributed by atoms with Gasteiger partial charge in [0.15, 0.2) is 11.6 Å². The SMILES string of the molecule is COCCOCCOCCNCc1ccc(-c2cc3nccc(Oc4ccc([N+](=O)[O-])cc4F)c3s2)cc1. The van der Waals surface area contributed by atoms with Crippen LogP contribution in [0, 0.1) is 15.9 Å². The second kappa shape index (κ2) is 13.9. The van der Waals surface area contributed by atoms with Crippen molar-refractivity contribution in [3.05, 3.63) is 82.3 Å². The molecule has 2 aromatic carbocycles. The van der Waals surface area contributed by atoms with Crippen LogP contribution in [-0.4, -0.2) is 56.6 Å². The largest absolute Gasteiger partial charge is 0.453 e. The summed E-state index contributed by atoms with van der Waals surface area (Å²) in [5, 5.41) is 14.2. The molecule has 1 N–H and O–H groups in total. The average Bonchev–Trinajstić information content (AvgIpc) is 3.36. The highest BCUT2D eigenvalue weighted by molar-refractivity contribution is 7.22. The van der Waals surface area contributed by atoms with Crippen LogP contribution in [0.2, 0.25) is 0 Å². The van der Waals surface area contributed by atoms with Gasteiger partial charge >= 0.3 is 0 Å². The van der Waals surface area contributed by atoms with Crippen LogP contribution in [0.4, 0.5) is 10.1 Å². The monoisotopic (exact) mass is 541 g/mol. The van der Waals surface area contributed by atoms with Crippen LogP contribution in [0.25, 0.3) is 20.7 Å². The summed E-state index contributed by atoms with van der Waals surface area (Å²) in [7, 11) is 1.64. The zero-order chi connectivity index (χ0) is 26.7. The molecule has 4 aromatic rings. The summed E-state index contributed by atoms with van der Waals surface area (Å²) in [5.74, 6) is -0.456. The summed E-state index contributed by atoms with van der Waals surface area (Å²) in [5.41, 5.74) is 2.56. The van der Waals surface area contributed by atoms with Crippen LogP contribution in [-0.2, 0) is 20.8 Å². The van der Waals surface area contributed by atoms with Gasteiger partial charge in [0.25, 0.3) is 5.69 Å². The van der Waals surface area contributed by atoms with E-state index in [1.165, 1.54) is 23.5 Å². The quantitative estimate of drug-likeness (QED) is 0.118. The number of methoxy groups -OCH3 is 1. The minimum Gasteiger partial charge on any atom is -0.453 e. The van der Waals surface area contributed by atoms with Crippen molar-refractivity contribution in [2.24, 2.45) is 0 Å². The molecule has 0 saturated carbocycles. The summed E-state index contributed by atoms with van der Waals surface area (Å²) in [6, 6.07) is 15.1. The van der Waals surface area contributed by atoms with Crippen LogP contribution in [0.5, 0.6) is 11.5 Å². The Labute approximate surface area is 223 Å². The molecule has 0 atom stereocenters. The maximum atomic E-state index is 14.4. The number of aromatic nitrogens is 1. The molecule has 9 nitrogen and oxygen atoms in total. The number of hydrogen-bond donors (Lipinski definition) is 1. The fraction of sp³-hybridized carbons (Fsp3) is 0.296. The molecule has 2 heterocycles. The van der Waals surface area contributed by atoms with Crippen molar-refractivity contribution in [3.8, 4) is 21.9 Å². The lowest BCUT2D eigenvalue weighted by atomic mass is 10.1. The molecule has 38 heavy (non-hydrogen) atoms. The third kappa shape index (κ3) is 7.53. The Kier molecular flexibility index (Phi) is 10.1. The molecule has 0 aliphatic rings. The van der Waals surface area contributed by atoms with Gasteiger partial charge in [-0.15, -0.1) is 11.3 Å². The molecule has 11 heteroatoms. The van der Waals surface area contributed by atoms with Crippen molar-refractivity contribution >= 4 is 27.2 Å². The van der Waals surface area contributed by atoms with Crippen LogP contribution < -0.4 is 10.1 Å². The molecular weight excluding hydrogens is 513 g/mol. The maximum Gasteiger partial charge on any atom is 0.272 e. The smallest absolute Gasteiger partial charge is 0.272 e. The molecule has 0 fully saturated rings. The van der Waals surface area contributed by atoms with E-state index in [2.05, 4.69) is 22.4 Å². The van der Waals surface area contributed by atoms with E-state index in [9.17, 15) is 14.5 Å². The molecule has 2 aromatic heterocycles. The minimum atomic E-state index is -0.802. The van der Waals surface area contributed by atoms with E-state index < -0.39 is 10.7 Å². The molecule has 0 radical (unpaired) electrons. The number of non-ortho nitro benzene ring substituents is 1. The first-order valence-corrected chi connectivity index (χ1v) is 12.8. The van der Waals surface area contributed by atoms with E-state index in [1.807, 2.05) is 18.2 Å². The Bertz CT molecular complexity index is 1350. The first kappa shape index (κ1) is 27.6. The first-order chi connectivity index (χ1) is 18.5. The highest BCUT2D eigenvalue weighted by Gasteiger charge is 2.15. The van der Waals surface area contributed by atoms with Gasteiger partial charge in [-0.25, -0.2) is 4.39 Å². The molecule has 0 aliphatic heterocycles. The van der Waals surface area contributed by atoms with Gasteiger partial charge in [-0.1, -0.05) is 24.3 Å². The third-order valence-electron chi connectivity index (χ3n) is 5.52. The Morgan fingerprint density at radius 1 is 0.974 bits per heavy atom. The van der Waals surface area contributed by atoms with E-state index in [0.29, 0.717) is 38.8 Å². The minimum absolute atomic E-state index is 0.0873. The number of pyridine rings is 1. The zero-order valence-electron chi connectivity index (χ0n) is 20.9. The number of halogens is 1. The second-order valence-electron chi connectivity index (χ2n) is 8.20. The predicted molar refractivity (Wildman–Crippen MR) is 143 cm³/mol. The molecular formula is C27H28FN3O6S. The number of rotatable bonds is 15. The number of fused-ring (bicyclic) bond motifs is 1. The van der Waals surface area contributed by atoms with Crippen molar-refractivity contribution < 1.29 is 28.3 Å². The Morgan fingerprint density at radius 3 is 2.47 bits per heavy atom. The van der Waals surface area contributed by atoms with Gasteiger partial charge in [-0.2, -0.15) is 0 Å². The van der Waals surface area contributed by atoms with E-state index in [-0.39, 0.29) is 11.4 Å². The van der Waals surface area contributed by atoms with Crippen LogP contribution in [0.15, 0.2) is 60.8 Å². The molecule has 0 aliphatic carbocycles. The van der Waals surface area contributed by atoms with Gasteiger partial charge < -0.3 is 24.3 Å². The average molecular weight is 542 g/mol. The van der Waals surface area contributed by atoms with Gasteiger partial charge in [-0.05, 0) is 23.3 Å². The number of nitro groups is 1. The van der Waals surface area contributed by atoms with Gasteiger partial charge in [-0.3, -0.25) is 15.1 Å². The maximum absolute atomic E-state index is 14.4. The number of nitrogens with one attached hydrogen (secondary N) is 1. The molecule has 4 rings (SSSR count). The van der Waals surface area contributed by atoms with Gasteiger partial charge in [0, 0.05) is 43.4 Å². The Hall–Kier alpha value is -3.48. The van der Waals surface area contributed by atoms with Crippen molar-refractivity contribution in [3.63, 3.8) is 0 Å². The van der Waals surface area contributed by atoms with E-state index in [1.54, 1.807) is 19.4 Å². The second-order valence-corrected chi connectivity index (χ2v) is 9.25. The van der Waals surface area contributed by atoms with Crippen molar-refractivity contribution in [2.45, 2.75) is 6.54 Å². The van der Waals surface area contributed by atoms with E-state index >= 15 is 0 Å². The number of hydrogen-bond acceptors (Lipinski definition) is 9. The molecule has 0 spiro atoms. The van der Waals surface area contributed by atoms with Crippen molar-refractivity contribution in [2.75, 3.05) is 46.7 Å². The summed E-state index contributed by atoms with van der Waals surface area (Å²) in [6.07, 6.45) is 1.59. The van der Waals surface area contributed by atoms with Gasteiger partial charge in [0.2, 0.25) is 0 Å². The van der Waals surface area contributed by atoms with E-state index in [4.69, 9.17) is 18.9 Å². The van der Waals surface area contributed by atoms with E-state index in [0.717, 1.165) is 45.4 Å².